The average Bonchev–Trinajstić information content (AvgIpc) is 3.52. The molecular formula is C20H22F2N2O4S. The van der Waals surface area contributed by atoms with Crippen LogP contribution in [0.2, 0.25) is 0 Å². The monoisotopic (exact) mass is 424 g/mol. The minimum absolute atomic E-state index is 0.0761. The van der Waals surface area contributed by atoms with E-state index in [0.29, 0.717) is 5.75 Å². The number of halogens is 2. The van der Waals surface area contributed by atoms with Crippen LogP contribution < -0.4 is 10.1 Å². The van der Waals surface area contributed by atoms with Crippen molar-refractivity contribution in [2.45, 2.75) is 39.0 Å². The minimum atomic E-state index is -2.88. The van der Waals surface area contributed by atoms with Crippen molar-refractivity contribution in [1.82, 2.24) is 4.98 Å². The SMILES string of the molecule is CCc1cc(NC(=O)C2CC2)ccc1-c1ccc(OCC(C)(F)F)cn1.O=S=O. The van der Waals surface area contributed by atoms with Gasteiger partial charge in [0.1, 0.15) is 5.75 Å². The Kier molecular flexibility index (Phi) is 7.95. The van der Waals surface area contributed by atoms with Crippen LogP contribution in [0.1, 0.15) is 32.3 Å². The topological polar surface area (TPSA) is 85.4 Å². The Hall–Kier alpha value is -2.68. The molecule has 1 aromatic carbocycles. The predicted molar refractivity (Wildman–Crippen MR) is 105 cm³/mol. The van der Waals surface area contributed by atoms with Crippen LogP contribution >= 0.6 is 0 Å². The molecule has 6 nitrogen and oxygen atoms in total. The Balaban J connectivity index is 0.000000941. The van der Waals surface area contributed by atoms with Crippen LogP contribution in [-0.2, 0) is 22.8 Å². The molecule has 0 radical (unpaired) electrons. The lowest BCUT2D eigenvalue weighted by molar-refractivity contribution is -0.117. The number of amides is 1. The lowest BCUT2D eigenvalue weighted by Crippen LogP contribution is -2.20. The number of carbonyl (C=O) groups excluding carboxylic acids is 1. The van der Waals surface area contributed by atoms with Crippen molar-refractivity contribution in [3.8, 4) is 17.0 Å². The summed E-state index contributed by atoms with van der Waals surface area (Å²) in [6, 6.07) is 9.12. The maximum atomic E-state index is 12.9. The fraction of sp³-hybridized carbons (Fsp3) is 0.400. The Morgan fingerprint density at radius 2 is 1.97 bits per heavy atom. The number of nitrogens with zero attached hydrogens (tertiary/aromatic N) is 1. The number of pyridine rings is 1. The number of alkyl halides is 2. The van der Waals surface area contributed by atoms with Crippen molar-refractivity contribution >= 4 is 23.2 Å². The van der Waals surface area contributed by atoms with Crippen LogP contribution in [0.5, 0.6) is 5.75 Å². The third kappa shape index (κ3) is 7.34. The summed E-state index contributed by atoms with van der Waals surface area (Å²) in [5.41, 5.74) is 3.52. The summed E-state index contributed by atoms with van der Waals surface area (Å²) < 4.78 is 47.3. The second-order valence-electron chi connectivity index (χ2n) is 6.80. The molecule has 1 aliphatic carbocycles. The van der Waals surface area contributed by atoms with Crippen LogP contribution in [0.15, 0.2) is 36.5 Å². The van der Waals surface area contributed by atoms with E-state index in [1.54, 1.807) is 12.1 Å². The second kappa shape index (κ2) is 10.2. The van der Waals surface area contributed by atoms with Gasteiger partial charge in [-0.05, 0) is 49.1 Å². The summed E-state index contributed by atoms with van der Waals surface area (Å²) in [5, 5.41) is 2.95. The molecule has 9 heteroatoms. The second-order valence-corrected chi connectivity index (χ2v) is 6.93. The highest BCUT2D eigenvalue weighted by Gasteiger charge is 2.29. The number of hydrogen-bond acceptors (Lipinski definition) is 5. The van der Waals surface area contributed by atoms with Gasteiger partial charge in [-0.2, -0.15) is 8.42 Å². The number of nitrogens with one attached hydrogen (secondary N) is 1. The van der Waals surface area contributed by atoms with E-state index >= 15 is 0 Å². The molecule has 0 spiro atoms. The van der Waals surface area contributed by atoms with Crippen LogP contribution in [0.3, 0.4) is 0 Å². The van der Waals surface area contributed by atoms with Gasteiger partial charge in [-0.15, -0.1) is 0 Å². The maximum Gasteiger partial charge on any atom is 0.335 e. The lowest BCUT2D eigenvalue weighted by atomic mass is 10.0. The van der Waals surface area contributed by atoms with Gasteiger partial charge in [0.25, 0.3) is 5.92 Å². The van der Waals surface area contributed by atoms with Gasteiger partial charge in [-0.1, -0.05) is 13.0 Å². The molecular weight excluding hydrogens is 402 g/mol. The molecule has 3 rings (SSSR count). The number of hydrogen-bond donors (Lipinski definition) is 1. The zero-order chi connectivity index (χ0) is 21.4. The molecule has 1 aliphatic rings. The quantitative estimate of drug-likeness (QED) is 0.726. The Labute approximate surface area is 171 Å². The first kappa shape index (κ1) is 22.6. The zero-order valence-corrected chi connectivity index (χ0v) is 16.9. The molecule has 1 fully saturated rings. The molecule has 1 saturated carbocycles. The highest BCUT2D eigenvalue weighted by atomic mass is 32.1. The molecule has 0 saturated heterocycles. The van der Waals surface area contributed by atoms with E-state index in [0.717, 1.165) is 48.7 Å². The third-order valence-electron chi connectivity index (χ3n) is 4.21. The number of benzene rings is 1. The van der Waals surface area contributed by atoms with Gasteiger partial charge >= 0.3 is 11.6 Å². The normalized spacial score (nSPS) is 13.1. The highest BCUT2D eigenvalue weighted by Crippen LogP contribution is 2.31. The minimum Gasteiger partial charge on any atom is -0.486 e. The van der Waals surface area contributed by atoms with E-state index in [1.165, 1.54) is 6.20 Å². The van der Waals surface area contributed by atoms with E-state index < -0.39 is 24.1 Å². The van der Waals surface area contributed by atoms with Gasteiger partial charge in [-0.3, -0.25) is 9.78 Å². The van der Waals surface area contributed by atoms with Crippen LogP contribution in [0, 0.1) is 5.92 Å². The Bertz CT molecular complexity index is 875. The van der Waals surface area contributed by atoms with Gasteiger partial charge in [0.15, 0.2) is 6.61 Å². The molecule has 2 aromatic rings. The summed E-state index contributed by atoms with van der Waals surface area (Å²) in [7, 11) is 0. The number of ether oxygens (including phenoxy) is 1. The smallest absolute Gasteiger partial charge is 0.335 e. The van der Waals surface area contributed by atoms with E-state index in [-0.39, 0.29) is 11.8 Å². The maximum absolute atomic E-state index is 12.9. The van der Waals surface area contributed by atoms with Crippen molar-refractivity contribution in [1.29, 1.82) is 0 Å². The third-order valence-corrected chi connectivity index (χ3v) is 4.21. The van der Waals surface area contributed by atoms with Crippen molar-refractivity contribution < 1.29 is 26.7 Å². The fourth-order valence-electron chi connectivity index (χ4n) is 2.64. The van der Waals surface area contributed by atoms with Gasteiger partial charge < -0.3 is 10.1 Å². The predicted octanol–water partition coefficient (Wildman–Crippen LogP) is 4.02. The summed E-state index contributed by atoms with van der Waals surface area (Å²) >= 11 is -0.750. The summed E-state index contributed by atoms with van der Waals surface area (Å²) in [6.45, 7) is 2.17. The standard InChI is InChI=1S/C20H22F2N2O2.O2S/c1-3-13-10-15(24-19(25)14-4-5-14)6-8-17(13)18-9-7-16(11-23-18)26-12-20(2,21)22;1-3-2/h6-11,14H,3-5,12H2,1-2H3,(H,24,25);. The molecule has 0 atom stereocenters. The molecule has 0 unspecified atom stereocenters. The van der Waals surface area contributed by atoms with Crippen molar-refractivity contribution in [2.75, 3.05) is 11.9 Å². The highest BCUT2D eigenvalue weighted by molar-refractivity contribution is 7.51. The van der Waals surface area contributed by atoms with Gasteiger partial charge in [-0.25, -0.2) is 8.78 Å². The van der Waals surface area contributed by atoms with E-state index in [9.17, 15) is 13.6 Å². The molecule has 1 N–H and O–H groups in total. The van der Waals surface area contributed by atoms with Crippen LogP contribution in [0.4, 0.5) is 14.5 Å². The molecule has 156 valence electrons. The van der Waals surface area contributed by atoms with Crippen molar-refractivity contribution in [2.24, 2.45) is 5.92 Å². The Morgan fingerprint density at radius 3 is 2.48 bits per heavy atom. The fourth-order valence-corrected chi connectivity index (χ4v) is 2.64. The van der Waals surface area contributed by atoms with Crippen LogP contribution in [0.25, 0.3) is 11.3 Å². The molecule has 1 heterocycles. The molecule has 1 aromatic heterocycles. The molecule has 29 heavy (non-hydrogen) atoms. The number of rotatable bonds is 7. The molecule has 1 amide bonds. The number of aryl methyl sites for hydroxylation is 1. The summed E-state index contributed by atoms with van der Waals surface area (Å²) in [4.78, 5) is 16.2. The van der Waals surface area contributed by atoms with Crippen LogP contribution in [-0.4, -0.2) is 31.8 Å². The summed E-state index contributed by atoms with van der Waals surface area (Å²) in [5.74, 6) is -2.34. The Morgan fingerprint density at radius 1 is 1.28 bits per heavy atom. The number of aromatic nitrogens is 1. The van der Waals surface area contributed by atoms with Gasteiger partial charge in [0.2, 0.25) is 5.91 Å². The molecule has 0 aliphatic heterocycles. The average molecular weight is 424 g/mol. The van der Waals surface area contributed by atoms with Gasteiger partial charge in [0.05, 0.1) is 11.9 Å². The largest absolute Gasteiger partial charge is 0.486 e. The zero-order valence-electron chi connectivity index (χ0n) is 16.1. The number of anilines is 1. The lowest BCUT2D eigenvalue weighted by Gasteiger charge is -2.13. The molecule has 0 bridgehead atoms. The number of carbonyl (C=O) groups is 1. The first-order valence-electron chi connectivity index (χ1n) is 9.10. The first-order valence-corrected chi connectivity index (χ1v) is 9.76. The van der Waals surface area contributed by atoms with E-state index in [4.69, 9.17) is 13.2 Å². The van der Waals surface area contributed by atoms with Crippen molar-refractivity contribution in [3.63, 3.8) is 0 Å². The van der Waals surface area contributed by atoms with Crippen molar-refractivity contribution in [3.05, 3.63) is 42.1 Å². The first-order chi connectivity index (χ1) is 13.8. The van der Waals surface area contributed by atoms with Gasteiger partial charge in [0, 0.05) is 24.1 Å². The van der Waals surface area contributed by atoms with E-state index in [1.807, 2.05) is 25.1 Å². The summed E-state index contributed by atoms with van der Waals surface area (Å²) in [6.07, 6.45) is 4.16. The van der Waals surface area contributed by atoms with E-state index in [2.05, 4.69) is 10.3 Å².